The average Bonchev–Trinajstić information content (AvgIpc) is 2.36. The fourth-order valence-corrected chi connectivity index (χ4v) is 0.981. The molecule has 0 aromatic carbocycles. The van der Waals surface area contributed by atoms with Gasteiger partial charge in [-0.05, 0) is 6.42 Å². The van der Waals surface area contributed by atoms with E-state index in [1.54, 1.807) is 17.1 Å². The highest BCUT2D eigenvalue weighted by Crippen LogP contribution is 2.02. The van der Waals surface area contributed by atoms with E-state index in [1.807, 2.05) is 14.0 Å². The van der Waals surface area contributed by atoms with Crippen LogP contribution in [0.4, 0.5) is 0 Å². The van der Waals surface area contributed by atoms with Crippen LogP contribution in [0.1, 0.15) is 30.3 Å². The van der Waals surface area contributed by atoms with Gasteiger partial charge in [-0.2, -0.15) is 0 Å². The molecule has 11 heavy (non-hydrogen) atoms. The van der Waals surface area contributed by atoms with Gasteiger partial charge in [-0.3, -0.25) is 4.79 Å². The van der Waals surface area contributed by atoms with E-state index >= 15 is 0 Å². The van der Waals surface area contributed by atoms with Gasteiger partial charge in [-0.15, -0.1) is 0 Å². The Morgan fingerprint density at radius 3 is 2.91 bits per heavy atom. The first kappa shape index (κ1) is 7.98. The molecule has 0 aliphatic rings. The predicted octanol–water partition coefficient (Wildman–Crippen LogP) is 1.40. The minimum Gasteiger partial charge on any atom is -0.331 e. The van der Waals surface area contributed by atoms with E-state index in [4.69, 9.17) is 0 Å². The lowest BCUT2D eigenvalue weighted by molar-refractivity contribution is 0.0974. The van der Waals surface area contributed by atoms with Gasteiger partial charge in [0.1, 0.15) is 5.69 Å². The zero-order valence-corrected chi connectivity index (χ0v) is 6.87. The summed E-state index contributed by atoms with van der Waals surface area (Å²) in [6, 6.07) is 0. The fraction of sp³-hybridized carbons (Fsp3) is 0.500. The molecule has 0 unspecified atom stereocenters. The summed E-state index contributed by atoms with van der Waals surface area (Å²) in [7, 11) is 1.83. The molecule has 3 heteroatoms. The van der Waals surface area contributed by atoms with Crippen molar-refractivity contribution in [3.63, 3.8) is 0 Å². The van der Waals surface area contributed by atoms with Crippen LogP contribution in [0.2, 0.25) is 0 Å². The van der Waals surface area contributed by atoms with Crippen LogP contribution in [0.15, 0.2) is 12.5 Å². The van der Waals surface area contributed by atoms with Crippen LogP contribution in [-0.4, -0.2) is 15.3 Å². The largest absolute Gasteiger partial charge is 0.331 e. The van der Waals surface area contributed by atoms with Crippen molar-refractivity contribution in [1.82, 2.24) is 9.55 Å². The van der Waals surface area contributed by atoms with Crippen molar-refractivity contribution in [2.75, 3.05) is 0 Å². The Morgan fingerprint density at radius 1 is 1.73 bits per heavy atom. The molecule has 0 fully saturated rings. The minimum atomic E-state index is 0.174. The Kier molecular flexibility index (Phi) is 2.41. The highest BCUT2D eigenvalue weighted by molar-refractivity contribution is 5.94. The van der Waals surface area contributed by atoms with Crippen LogP contribution in [0.5, 0.6) is 0 Å². The van der Waals surface area contributed by atoms with Crippen molar-refractivity contribution in [3.8, 4) is 0 Å². The molecule has 0 spiro atoms. The third kappa shape index (κ3) is 1.67. The summed E-state index contributed by atoms with van der Waals surface area (Å²) in [6.45, 7) is 1.99. The molecular weight excluding hydrogens is 140 g/mol. The molecule has 0 aliphatic heterocycles. The molecule has 1 aromatic rings. The third-order valence-electron chi connectivity index (χ3n) is 1.58. The van der Waals surface area contributed by atoms with Crippen molar-refractivity contribution in [2.45, 2.75) is 19.8 Å². The molecule has 1 aromatic heterocycles. The molecule has 0 N–H and O–H groups in total. The summed E-state index contributed by atoms with van der Waals surface area (Å²) >= 11 is 0. The molecule has 1 heterocycles. The fourth-order valence-electron chi connectivity index (χ4n) is 0.981. The smallest absolute Gasteiger partial charge is 0.180 e. The van der Waals surface area contributed by atoms with E-state index in [-0.39, 0.29) is 5.78 Å². The number of aromatic nitrogens is 2. The minimum absolute atomic E-state index is 0.174. The van der Waals surface area contributed by atoms with E-state index in [0.717, 1.165) is 6.42 Å². The first-order chi connectivity index (χ1) is 5.25. The first-order valence-corrected chi connectivity index (χ1v) is 3.75. The third-order valence-corrected chi connectivity index (χ3v) is 1.58. The Balaban J connectivity index is 2.76. The molecule has 0 saturated carbocycles. The number of Topliss-reactive ketones (excluding diaryl/α,β-unsaturated/α-hetero) is 1. The Bertz CT molecular complexity index is 252. The molecule has 1 rings (SSSR count). The van der Waals surface area contributed by atoms with E-state index in [0.29, 0.717) is 12.1 Å². The number of rotatable bonds is 3. The highest BCUT2D eigenvalue weighted by Gasteiger charge is 2.07. The number of carbonyl (C=O) groups is 1. The quantitative estimate of drug-likeness (QED) is 0.614. The summed E-state index contributed by atoms with van der Waals surface area (Å²) in [5, 5.41) is 0. The molecule has 60 valence electrons. The van der Waals surface area contributed by atoms with Crippen molar-refractivity contribution >= 4 is 5.78 Å². The van der Waals surface area contributed by atoms with Gasteiger partial charge in [0.2, 0.25) is 0 Å². The van der Waals surface area contributed by atoms with Gasteiger partial charge < -0.3 is 4.57 Å². The number of hydrogen-bond donors (Lipinski definition) is 0. The molecule has 3 nitrogen and oxygen atoms in total. The zero-order valence-electron chi connectivity index (χ0n) is 6.87. The number of carbonyl (C=O) groups excluding carboxylic acids is 1. The van der Waals surface area contributed by atoms with Gasteiger partial charge >= 0.3 is 0 Å². The number of nitrogens with zero attached hydrogens (tertiary/aromatic N) is 2. The van der Waals surface area contributed by atoms with Crippen LogP contribution in [0.25, 0.3) is 0 Å². The summed E-state index contributed by atoms with van der Waals surface area (Å²) in [5.41, 5.74) is 0.701. The van der Waals surface area contributed by atoms with Crippen molar-refractivity contribution in [3.05, 3.63) is 18.2 Å². The van der Waals surface area contributed by atoms with Gasteiger partial charge in [0.15, 0.2) is 5.78 Å². The number of aryl methyl sites for hydroxylation is 1. The SMILES string of the molecule is CCCC(=O)c1cncn1C. The Morgan fingerprint density at radius 2 is 2.45 bits per heavy atom. The second kappa shape index (κ2) is 3.32. The van der Waals surface area contributed by atoms with Gasteiger partial charge in [0.25, 0.3) is 0 Å². The zero-order chi connectivity index (χ0) is 8.27. The maximum Gasteiger partial charge on any atom is 0.180 e. The lowest BCUT2D eigenvalue weighted by atomic mass is 10.2. The van der Waals surface area contributed by atoms with Crippen LogP contribution in [0.3, 0.4) is 0 Å². The van der Waals surface area contributed by atoms with Gasteiger partial charge in [-0.1, -0.05) is 6.92 Å². The summed E-state index contributed by atoms with van der Waals surface area (Å²) in [5.74, 6) is 0.174. The predicted molar refractivity (Wildman–Crippen MR) is 42.4 cm³/mol. The van der Waals surface area contributed by atoms with Gasteiger partial charge in [0.05, 0.1) is 12.5 Å². The van der Waals surface area contributed by atoms with Crippen LogP contribution < -0.4 is 0 Å². The van der Waals surface area contributed by atoms with E-state index in [9.17, 15) is 4.79 Å². The summed E-state index contributed by atoms with van der Waals surface area (Å²) in [4.78, 5) is 15.1. The summed E-state index contributed by atoms with van der Waals surface area (Å²) < 4.78 is 1.75. The van der Waals surface area contributed by atoms with Crippen LogP contribution in [-0.2, 0) is 7.05 Å². The molecule has 0 saturated heterocycles. The summed E-state index contributed by atoms with van der Waals surface area (Å²) in [6.07, 6.45) is 4.75. The first-order valence-electron chi connectivity index (χ1n) is 3.75. The highest BCUT2D eigenvalue weighted by atomic mass is 16.1. The van der Waals surface area contributed by atoms with Crippen molar-refractivity contribution in [2.24, 2.45) is 7.05 Å². The number of imidazole rings is 1. The van der Waals surface area contributed by atoms with Gasteiger partial charge in [0, 0.05) is 13.5 Å². The number of ketones is 1. The molecular formula is C8H12N2O. The lowest BCUT2D eigenvalue weighted by Gasteiger charge is -1.97. The van der Waals surface area contributed by atoms with E-state index in [1.165, 1.54) is 0 Å². The topological polar surface area (TPSA) is 34.9 Å². The molecule has 0 bridgehead atoms. The Labute approximate surface area is 66.1 Å². The second-order valence-corrected chi connectivity index (χ2v) is 2.56. The molecule has 0 amide bonds. The number of hydrogen-bond acceptors (Lipinski definition) is 2. The van der Waals surface area contributed by atoms with E-state index in [2.05, 4.69) is 4.98 Å². The second-order valence-electron chi connectivity index (χ2n) is 2.56. The molecule has 0 atom stereocenters. The molecule has 0 aliphatic carbocycles. The lowest BCUT2D eigenvalue weighted by Crippen LogP contribution is -2.04. The van der Waals surface area contributed by atoms with Crippen LogP contribution in [0, 0.1) is 0 Å². The van der Waals surface area contributed by atoms with Crippen molar-refractivity contribution < 1.29 is 4.79 Å². The molecule has 0 radical (unpaired) electrons. The van der Waals surface area contributed by atoms with E-state index < -0.39 is 0 Å². The van der Waals surface area contributed by atoms with Crippen LogP contribution >= 0.6 is 0 Å². The monoisotopic (exact) mass is 152 g/mol. The van der Waals surface area contributed by atoms with Gasteiger partial charge in [-0.25, -0.2) is 4.98 Å². The standard InChI is InChI=1S/C8H12N2O/c1-3-4-8(11)7-5-9-6-10(7)2/h5-6H,3-4H2,1-2H3. The Hall–Kier alpha value is -1.12. The average molecular weight is 152 g/mol. The normalized spacial score (nSPS) is 10.0. The maximum atomic E-state index is 11.3. The van der Waals surface area contributed by atoms with Crippen molar-refractivity contribution in [1.29, 1.82) is 0 Å². The maximum absolute atomic E-state index is 11.3.